The van der Waals surface area contributed by atoms with E-state index in [1.807, 2.05) is 0 Å². The molecule has 0 aliphatic heterocycles. The van der Waals surface area contributed by atoms with Gasteiger partial charge in [-0.15, -0.1) is 0 Å². The molecule has 0 unspecified atom stereocenters. The third-order valence-corrected chi connectivity index (χ3v) is 1.86. The molecule has 0 spiro atoms. The van der Waals surface area contributed by atoms with Gasteiger partial charge in [0.05, 0.1) is 12.2 Å². The molecule has 0 saturated heterocycles. The molecule has 0 bridgehead atoms. The highest BCUT2D eigenvalue weighted by molar-refractivity contribution is 5.94. The van der Waals surface area contributed by atoms with Gasteiger partial charge >= 0.3 is 0 Å². The highest BCUT2D eigenvalue weighted by Crippen LogP contribution is 2.24. The Morgan fingerprint density at radius 3 is 2.73 bits per heavy atom. The number of carbonyl (C=O) groups excluding carboxylic acids is 1. The van der Waals surface area contributed by atoms with Crippen LogP contribution in [0.4, 0.5) is 4.39 Å². The summed E-state index contributed by atoms with van der Waals surface area (Å²) in [5.41, 5.74) is 0.217. The molecule has 0 aliphatic rings. The number of rotatable bonds is 3. The minimum atomic E-state index is -0.680. The topological polar surface area (TPSA) is 50.1 Å². The maximum Gasteiger partial charge on any atom is 0.172 e. The van der Waals surface area contributed by atoms with E-state index in [-0.39, 0.29) is 29.3 Å². The van der Waals surface area contributed by atoms with Crippen LogP contribution >= 0.6 is 0 Å². The highest BCUT2D eigenvalue weighted by atomic mass is 19.1. The summed E-state index contributed by atoms with van der Waals surface area (Å²) in [5, 5.41) is 8.77. The zero-order chi connectivity index (χ0) is 11.4. The van der Waals surface area contributed by atoms with Crippen LogP contribution in [0.25, 0.3) is 0 Å². The number of benzene rings is 1. The molecular formula is C11H10FNO2. The third kappa shape index (κ3) is 2.32. The van der Waals surface area contributed by atoms with Gasteiger partial charge in [-0.1, -0.05) is 0 Å². The van der Waals surface area contributed by atoms with Crippen LogP contribution in [0, 0.1) is 17.1 Å². The van der Waals surface area contributed by atoms with Crippen LogP contribution in [0.1, 0.15) is 29.8 Å². The minimum Gasteiger partial charge on any atom is -0.489 e. The normalized spacial score (nSPS) is 9.47. The van der Waals surface area contributed by atoms with Crippen molar-refractivity contribution in [2.45, 2.75) is 13.8 Å². The highest BCUT2D eigenvalue weighted by Gasteiger charge is 2.13. The number of hydrogen-bond acceptors (Lipinski definition) is 3. The Bertz CT molecular complexity index is 435. The summed E-state index contributed by atoms with van der Waals surface area (Å²) >= 11 is 0. The van der Waals surface area contributed by atoms with Crippen molar-refractivity contribution >= 4 is 5.78 Å². The summed E-state index contributed by atoms with van der Waals surface area (Å²) < 4.78 is 18.4. The Hall–Kier alpha value is -1.89. The average Bonchev–Trinajstić information content (AvgIpc) is 2.20. The number of nitrogens with zero attached hydrogens (tertiary/aromatic N) is 1. The second-order valence-electron chi connectivity index (χ2n) is 2.94. The smallest absolute Gasteiger partial charge is 0.172 e. The molecular weight excluding hydrogens is 197 g/mol. The number of nitriles is 1. The Kier molecular flexibility index (Phi) is 3.40. The average molecular weight is 207 g/mol. The molecule has 3 nitrogen and oxygen atoms in total. The molecule has 0 aliphatic carbocycles. The monoisotopic (exact) mass is 207 g/mol. The maximum atomic E-state index is 13.4. The number of halogens is 1. The fourth-order valence-corrected chi connectivity index (χ4v) is 1.17. The van der Waals surface area contributed by atoms with Crippen molar-refractivity contribution in [3.8, 4) is 11.8 Å². The summed E-state index contributed by atoms with van der Waals surface area (Å²) in [7, 11) is 0. The number of hydrogen-bond donors (Lipinski definition) is 0. The first-order valence-electron chi connectivity index (χ1n) is 4.47. The molecule has 1 aromatic rings. The second-order valence-corrected chi connectivity index (χ2v) is 2.94. The van der Waals surface area contributed by atoms with E-state index in [1.54, 1.807) is 13.0 Å². The molecule has 0 fully saturated rings. The second kappa shape index (κ2) is 4.56. The van der Waals surface area contributed by atoms with Gasteiger partial charge in [0, 0.05) is 5.56 Å². The van der Waals surface area contributed by atoms with Gasteiger partial charge in [0.15, 0.2) is 17.3 Å². The summed E-state index contributed by atoms with van der Waals surface area (Å²) in [6.07, 6.45) is 0. The molecule has 15 heavy (non-hydrogen) atoms. The first-order valence-corrected chi connectivity index (χ1v) is 4.47. The zero-order valence-electron chi connectivity index (χ0n) is 8.50. The van der Waals surface area contributed by atoms with E-state index in [4.69, 9.17) is 10.00 Å². The molecule has 0 radical (unpaired) electrons. The zero-order valence-corrected chi connectivity index (χ0v) is 8.50. The van der Waals surface area contributed by atoms with Gasteiger partial charge in [0.2, 0.25) is 0 Å². The van der Waals surface area contributed by atoms with E-state index in [0.29, 0.717) is 0 Å². The SMILES string of the molecule is CCOc1c(F)cc(C(C)=O)cc1C#N. The van der Waals surface area contributed by atoms with Gasteiger partial charge in [-0.25, -0.2) is 4.39 Å². The molecule has 0 saturated carbocycles. The predicted molar refractivity (Wildman–Crippen MR) is 52.3 cm³/mol. The van der Waals surface area contributed by atoms with Crippen molar-refractivity contribution in [1.29, 1.82) is 5.26 Å². The van der Waals surface area contributed by atoms with Gasteiger partial charge in [0.25, 0.3) is 0 Å². The molecule has 1 aromatic carbocycles. The molecule has 1 rings (SSSR count). The fourth-order valence-electron chi connectivity index (χ4n) is 1.17. The molecule has 0 heterocycles. The van der Waals surface area contributed by atoms with Crippen LogP contribution in [-0.4, -0.2) is 12.4 Å². The van der Waals surface area contributed by atoms with Crippen molar-refractivity contribution < 1.29 is 13.9 Å². The Morgan fingerprint density at radius 2 is 2.27 bits per heavy atom. The van der Waals surface area contributed by atoms with Gasteiger partial charge in [-0.3, -0.25) is 4.79 Å². The quantitative estimate of drug-likeness (QED) is 0.714. The summed E-state index contributed by atoms with van der Waals surface area (Å²) in [5.74, 6) is -1.06. The largest absolute Gasteiger partial charge is 0.489 e. The lowest BCUT2D eigenvalue weighted by Gasteiger charge is -2.07. The predicted octanol–water partition coefficient (Wildman–Crippen LogP) is 2.30. The van der Waals surface area contributed by atoms with Crippen LogP contribution in [0.5, 0.6) is 5.75 Å². The Labute approximate surface area is 87.1 Å². The van der Waals surface area contributed by atoms with Crippen LogP contribution in [0.15, 0.2) is 12.1 Å². The van der Waals surface area contributed by atoms with Crippen LogP contribution in [-0.2, 0) is 0 Å². The fraction of sp³-hybridized carbons (Fsp3) is 0.273. The van der Waals surface area contributed by atoms with Crippen molar-refractivity contribution in [3.05, 3.63) is 29.1 Å². The van der Waals surface area contributed by atoms with E-state index in [9.17, 15) is 9.18 Å². The van der Waals surface area contributed by atoms with Crippen molar-refractivity contribution in [2.75, 3.05) is 6.61 Å². The molecule has 0 amide bonds. The number of ether oxygens (including phenoxy) is 1. The summed E-state index contributed by atoms with van der Waals surface area (Å²) in [4.78, 5) is 11.0. The van der Waals surface area contributed by atoms with Gasteiger partial charge < -0.3 is 4.74 Å². The summed E-state index contributed by atoms with van der Waals surface area (Å²) in [6.45, 7) is 3.28. The third-order valence-electron chi connectivity index (χ3n) is 1.86. The lowest BCUT2D eigenvalue weighted by molar-refractivity contribution is 0.101. The molecule has 0 N–H and O–H groups in total. The lowest BCUT2D eigenvalue weighted by Crippen LogP contribution is -2.01. The molecule has 78 valence electrons. The van der Waals surface area contributed by atoms with Crippen LogP contribution in [0.2, 0.25) is 0 Å². The summed E-state index contributed by atoms with van der Waals surface area (Å²) in [6, 6.07) is 4.21. The number of ketones is 1. The van der Waals surface area contributed by atoms with E-state index < -0.39 is 5.82 Å². The molecule has 0 aromatic heterocycles. The van der Waals surface area contributed by atoms with Crippen LogP contribution < -0.4 is 4.74 Å². The molecule has 0 atom stereocenters. The molecule has 4 heteroatoms. The van der Waals surface area contributed by atoms with Gasteiger partial charge in [-0.2, -0.15) is 5.26 Å². The number of carbonyl (C=O) groups is 1. The van der Waals surface area contributed by atoms with E-state index in [0.717, 1.165) is 6.07 Å². The minimum absolute atomic E-state index is 0.0436. The van der Waals surface area contributed by atoms with Crippen molar-refractivity contribution in [3.63, 3.8) is 0 Å². The van der Waals surface area contributed by atoms with Gasteiger partial charge in [-0.05, 0) is 26.0 Å². The van der Waals surface area contributed by atoms with Crippen LogP contribution in [0.3, 0.4) is 0 Å². The maximum absolute atomic E-state index is 13.4. The van der Waals surface area contributed by atoms with Gasteiger partial charge in [0.1, 0.15) is 6.07 Å². The Morgan fingerprint density at radius 1 is 1.60 bits per heavy atom. The first-order chi connectivity index (χ1) is 7.10. The lowest BCUT2D eigenvalue weighted by atomic mass is 10.1. The first kappa shape index (κ1) is 11.2. The van der Waals surface area contributed by atoms with Crippen molar-refractivity contribution in [1.82, 2.24) is 0 Å². The standard InChI is InChI=1S/C11H10FNO2/c1-3-15-11-9(6-13)4-8(7(2)14)5-10(11)12/h4-5H,3H2,1-2H3. The van der Waals surface area contributed by atoms with Crippen molar-refractivity contribution in [2.24, 2.45) is 0 Å². The van der Waals surface area contributed by atoms with E-state index in [1.165, 1.54) is 13.0 Å². The number of Topliss-reactive ketones (excluding diaryl/α,β-unsaturated/α-hetero) is 1. The van der Waals surface area contributed by atoms with E-state index >= 15 is 0 Å². The van der Waals surface area contributed by atoms with E-state index in [2.05, 4.69) is 0 Å². The Balaban J connectivity index is 3.32.